The highest BCUT2D eigenvalue weighted by Gasteiger charge is 2.33. The number of hydrogen-bond donors (Lipinski definition) is 1. The number of rotatable bonds is 4. The van der Waals surface area contributed by atoms with Crippen molar-refractivity contribution in [3.63, 3.8) is 0 Å². The van der Waals surface area contributed by atoms with Crippen LogP contribution in [0.4, 0.5) is 0 Å². The number of sulfonamides is 1. The van der Waals surface area contributed by atoms with E-state index in [1.54, 1.807) is 4.31 Å². The first kappa shape index (κ1) is 16.0. The van der Waals surface area contributed by atoms with Crippen LogP contribution in [0.5, 0.6) is 0 Å². The molecule has 0 radical (unpaired) electrons. The molecule has 2 rings (SSSR count). The van der Waals surface area contributed by atoms with E-state index in [0.29, 0.717) is 18.1 Å². The zero-order chi connectivity index (χ0) is 14.8. The Balaban J connectivity index is 2.34. The van der Waals surface area contributed by atoms with Gasteiger partial charge in [0.2, 0.25) is 10.0 Å². The molecule has 1 fully saturated rings. The van der Waals surface area contributed by atoms with Crippen molar-refractivity contribution in [1.29, 1.82) is 0 Å². The molecular weight excluding hydrogens is 319 g/mol. The Morgan fingerprint density at radius 1 is 1.30 bits per heavy atom. The van der Waals surface area contributed by atoms with Crippen LogP contribution in [0.2, 0.25) is 10.0 Å². The predicted molar refractivity (Wildman–Crippen MR) is 81.9 cm³/mol. The van der Waals surface area contributed by atoms with Crippen LogP contribution < -0.4 is 5.32 Å². The summed E-state index contributed by atoms with van der Waals surface area (Å²) >= 11 is 11.8. The van der Waals surface area contributed by atoms with Crippen molar-refractivity contribution in [3.05, 3.63) is 28.2 Å². The van der Waals surface area contributed by atoms with Gasteiger partial charge >= 0.3 is 0 Å². The van der Waals surface area contributed by atoms with Gasteiger partial charge in [-0.05, 0) is 38.1 Å². The van der Waals surface area contributed by atoms with Gasteiger partial charge in [-0.1, -0.05) is 29.6 Å². The van der Waals surface area contributed by atoms with Gasteiger partial charge < -0.3 is 5.32 Å². The molecule has 4 nitrogen and oxygen atoms in total. The summed E-state index contributed by atoms with van der Waals surface area (Å²) in [5.41, 5.74) is 0. The zero-order valence-electron chi connectivity index (χ0n) is 11.3. The van der Waals surface area contributed by atoms with E-state index in [0.717, 1.165) is 19.3 Å². The minimum atomic E-state index is -3.52. The quantitative estimate of drug-likeness (QED) is 0.919. The van der Waals surface area contributed by atoms with Gasteiger partial charge in [-0.25, -0.2) is 8.42 Å². The Morgan fingerprint density at radius 3 is 2.70 bits per heavy atom. The molecule has 1 aromatic carbocycles. The van der Waals surface area contributed by atoms with Crippen LogP contribution in [0, 0.1) is 0 Å². The summed E-state index contributed by atoms with van der Waals surface area (Å²) in [6.07, 6.45) is 2.82. The molecule has 1 heterocycles. The summed E-state index contributed by atoms with van der Waals surface area (Å²) in [6, 6.07) is 4.44. The lowest BCUT2D eigenvalue weighted by molar-refractivity contribution is 0.249. The van der Waals surface area contributed by atoms with Crippen molar-refractivity contribution in [1.82, 2.24) is 9.62 Å². The molecule has 1 N–H and O–H groups in total. The zero-order valence-corrected chi connectivity index (χ0v) is 13.6. The first-order valence-corrected chi connectivity index (χ1v) is 8.78. The number of hydrogen-bond acceptors (Lipinski definition) is 3. The molecule has 0 amide bonds. The molecule has 112 valence electrons. The molecule has 0 aromatic heterocycles. The molecule has 1 saturated heterocycles. The van der Waals surface area contributed by atoms with Crippen LogP contribution in [0.15, 0.2) is 23.1 Å². The summed E-state index contributed by atoms with van der Waals surface area (Å²) in [4.78, 5) is 0.204. The number of nitrogens with zero attached hydrogens (tertiary/aromatic N) is 1. The highest BCUT2D eigenvalue weighted by atomic mass is 35.5. The van der Waals surface area contributed by atoms with E-state index in [4.69, 9.17) is 23.2 Å². The summed E-state index contributed by atoms with van der Waals surface area (Å²) in [5.74, 6) is 0. The third kappa shape index (κ3) is 3.28. The molecule has 1 atom stereocenters. The topological polar surface area (TPSA) is 49.4 Å². The van der Waals surface area contributed by atoms with Gasteiger partial charge in [0.15, 0.2) is 0 Å². The fraction of sp³-hybridized carbons (Fsp3) is 0.538. The summed E-state index contributed by atoms with van der Waals surface area (Å²) < 4.78 is 27.0. The predicted octanol–water partition coefficient (Wildman–Crippen LogP) is 2.76. The summed E-state index contributed by atoms with van der Waals surface area (Å²) in [5, 5.41) is 3.67. The molecule has 7 heteroatoms. The Hall–Kier alpha value is -0.330. The van der Waals surface area contributed by atoms with Gasteiger partial charge in [-0.15, -0.1) is 0 Å². The van der Waals surface area contributed by atoms with Crippen molar-refractivity contribution in [2.75, 3.05) is 20.1 Å². The van der Waals surface area contributed by atoms with E-state index in [9.17, 15) is 8.42 Å². The number of piperidine rings is 1. The first-order chi connectivity index (χ1) is 9.46. The fourth-order valence-corrected chi connectivity index (χ4v) is 4.59. The van der Waals surface area contributed by atoms with Crippen molar-refractivity contribution in [2.24, 2.45) is 0 Å². The third-order valence-corrected chi connectivity index (χ3v) is 6.20. The Kier molecular flexibility index (Phi) is 5.31. The van der Waals surface area contributed by atoms with Crippen LogP contribution in [0.1, 0.15) is 19.3 Å². The van der Waals surface area contributed by atoms with Crippen molar-refractivity contribution in [3.8, 4) is 0 Å². The highest BCUT2D eigenvalue weighted by molar-refractivity contribution is 7.89. The monoisotopic (exact) mass is 336 g/mol. The maximum absolute atomic E-state index is 12.7. The number of halogens is 2. The van der Waals surface area contributed by atoms with Crippen LogP contribution in [-0.2, 0) is 10.0 Å². The molecule has 1 aliphatic heterocycles. The van der Waals surface area contributed by atoms with Crippen LogP contribution in [-0.4, -0.2) is 38.9 Å². The number of likely N-dealkylation sites (N-methyl/N-ethyl adjacent to an activating group) is 1. The molecule has 0 aliphatic carbocycles. The molecule has 1 aliphatic rings. The minimum Gasteiger partial charge on any atom is -0.318 e. The van der Waals surface area contributed by atoms with Crippen LogP contribution >= 0.6 is 23.2 Å². The van der Waals surface area contributed by atoms with E-state index in [1.165, 1.54) is 18.2 Å². The average molecular weight is 337 g/mol. The second-order valence-corrected chi connectivity index (χ2v) is 7.60. The molecule has 0 saturated carbocycles. The normalized spacial score (nSPS) is 21.1. The van der Waals surface area contributed by atoms with Gasteiger partial charge in [0.05, 0.1) is 14.9 Å². The standard InChI is InChI=1S/C13H18Cl2N2O2S/c1-16-9-10-4-2-3-7-17(10)20(18,19)11-5-6-12(14)13(15)8-11/h5-6,8,10,16H,2-4,7,9H2,1H3. The largest absolute Gasteiger partial charge is 0.318 e. The molecule has 1 aromatic rings. The van der Waals surface area contributed by atoms with E-state index in [2.05, 4.69) is 5.32 Å². The van der Waals surface area contributed by atoms with E-state index >= 15 is 0 Å². The van der Waals surface area contributed by atoms with Gasteiger partial charge in [-0.2, -0.15) is 4.31 Å². The summed E-state index contributed by atoms with van der Waals surface area (Å²) in [7, 11) is -1.69. The van der Waals surface area contributed by atoms with E-state index < -0.39 is 10.0 Å². The van der Waals surface area contributed by atoms with Gasteiger partial charge in [0, 0.05) is 19.1 Å². The highest BCUT2D eigenvalue weighted by Crippen LogP contribution is 2.29. The molecule has 0 spiro atoms. The van der Waals surface area contributed by atoms with Crippen molar-refractivity contribution >= 4 is 33.2 Å². The Morgan fingerprint density at radius 2 is 2.05 bits per heavy atom. The second-order valence-electron chi connectivity index (χ2n) is 4.90. The van der Waals surface area contributed by atoms with Gasteiger partial charge in [0.1, 0.15) is 0 Å². The van der Waals surface area contributed by atoms with E-state index in [1.807, 2.05) is 7.05 Å². The number of benzene rings is 1. The van der Waals surface area contributed by atoms with Gasteiger partial charge in [0.25, 0.3) is 0 Å². The average Bonchev–Trinajstić information content (AvgIpc) is 2.42. The Bertz CT molecular complexity index is 576. The maximum atomic E-state index is 12.7. The van der Waals surface area contributed by atoms with Crippen LogP contribution in [0.25, 0.3) is 0 Å². The SMILES string of the molecule is CNCC1CCCCN1S(=O)(=O)c1ccc(Cl)c(Cl)c1. The van der Waals surface area contributed by atoms with Crippen molar-refractivity contribution < 1.29 is 8.42 Å². The van der Waals surface area contributed by atoms with Crippen molar-refractivity contribution in [2.45, 2.75) is 30.2 Å². The minimum absolute atomic E-state index is 0.00629. The Labute approximate surface area is 130 Å². The first-order valence-electron chi connectivity index (χ1n) is 6.58. The lowest BCUT2D eigenvalue weighted by Gasteiger charge is -2.34. The van der Waals surface area contributed by atoms with E-state index in [-0.39, 0.29) is 16.0 Å². The fourth-order valence-electron chi connectivity index (χ4n) is 2.50. The molecular formula is C13H18Cl2N2O2S. The lowest BCUT2D eigenvalue weighted by atomic mass is 10.1. The molecule has 20 heavy (non-hydrogen) atoms. The lowest BCUT2D eigenvalue weighted by Crippen LogP contribution is -2.47. The second kappa shape index (κ2) is 6.62. The smallest absolute Gasteiger partial charge is 0.243 e. The third-order valence-electron chi connectivity index (χ3n) is 3.51. The molecule has 0 bridgehead atoms. The maximum Gasteiger partial charge on any atom is 0.243 e. The summed E-state index contributed by atoms with van der Waals surface area (Å²) in [6.45, 7) is 1.20. The number of nitrogens with one attached hydrogen (secondary N) is 1. The molecule has 1 unspecified atom stereocenters. The van der Waals surface area contributed by atoms with Gasteiger partial charge in [-0.3, -0.25) is 0 Å². The van der Waals surface area contributed by atoms with Crippen LogP contribution in [0.3, 0.4) is 0 Å².